The number of aliphatic hydroxyl groups is 1. The second-order valence-electron chi connectivity index (χ2n) is 4.79. The molecule has 0 saturated carbocycles. The number of carbonyl (C=O) groups is 1. The van der Waals surface area contributed by atoms with Gasteiger partial charge in [0.05, 0.1) is 12.6 Å². The number of hydrogen-bond donors (Lipinski definition) is 3. The van der Waals surface area contributed by atoms with E-state index >= 15 is 0 Å². The van der Waals surface area contributed by atoms with E-state index in [2.05, 4.69) is 5.32 Å². The van der Waals surface area contributed by atoms with E-state index in [1.807, 2.05) is 18.2 Å². The van der Waals surface area contributed by atoms with Crippen LogP contribution in [0.3, 0.4) is 0 Å². The maximum atomic E-state index is 13.6. The minimum absolute atomic E-state index is 0.130. The van der Waals surface area contributed by atoms with E-state index in [1.165, 1.54) is 6.07 Å². The van der Waals surface area contributed by atoms with Crippen LogP contribution in [0.5, 0.6) is 0 Å². The average Bonchev–Trinajstić information content (AvgIpc) is 2.50. The van der Waals surface area contributed by atoms with Gasteiger partial charge in [-0.1, -0.05) is 30.3 Å². The first-order valence-electron chi connectivity index (χ1n) is 6.55. The Kier molecular flexibility index (Phi) is 4.55. The first-order valence-corrected chi connectivity index (χ1v) is 6.55. The third-order valence-corrected chi connectivity index (χ3v) is 3.34. The molecule has 0 aliphatic rings. The summed E-state index contributed by atoms with van der Waals surface area (Å²) in [4.78, 5) is 12.2. The van der Waals surface area contributed by atoms with Crippen LogP contribution in [0.1, 0.15) is 27.5 Å². The number of halogens is 1. The zero-order chi connectivity index (χ0) is 15.4. The van der Waals surface area contributed by atoms with Gasteiger partial charge in [-0.25, -0.2) is 4.39 Å². The number of hydrogen-bond acceptors (Lipinski definition) is 3. The van der Waals surface area contributed by atoms with Crippen LogP contribution in [0.25, 0.3) is 0 Å². The van der Waals surface area contributed by atoms with Gasteiger partial charge in [-0.3, -0.25) is 4.79 Å². The molecule has 0 heterocycles. The molecule has 0 unspecified atom stereocenters. The average molecular weight is 288 g/mol. The number of nitrogens with two attached hydrogens (primary N) is 1. The molecule has 0 saturated heterocycles. The molecule has 2 aromatic rings. The van der Waals surface area contributed by atoms with Gasteiger partial charge in [-0.2, -0.15) is 0 Å². The van der Waals surface area contributed by atoms with Crippen molar-refractivity contribution in [3.63, 3.8) is 0 Å². The van der Waals surface area contributed by atoms with Crippen molar-refractivity contribution in [2.75, 3.05) is 12.3 Å². The summed E-state index contributed by atoms with van der Waals surface area (Å²) in [5, 5.41) is 12.1. The third-order valence-electron chi connectivity index (χ3n) is 3.34. The molecule has 21 heavy (non-hydrogen) atoms. The number of rotatable bonds is 4. The lowest BCUT2D eigenvalue weighted by atomic mass is 10.1. The maximum absolute atomic E-state index is 13.6. The molecule has 0 radical (unpaired) electrons. The fourth-order valence-corrected chi connectivity index (χ4v) is 1.99. The zero-order valence-electron chi connectivity index (χ0n) is 11.6. The highest BCUT2D eigenvalue weighted by atomic mass is 19.1. The highest BCUT2D eigenvalue weighted by Gasteiger charge is 2.16. The molecule has 0 spiro atoms. The molecule has 0 aromatic heterocycles. The standard InChI is InChI=1S/C16H17FN2O2/c1-10-13(17)7-12(8-14(10)18)16(21)19-15(9-20)11-5-3-2-4-6-11/h2-8,15,20H,9,18H2,1H3,(H,19,21)/t15-/m0/s1. The van der Waals surface area contributed by atoms with Crippen molar-refractivity contribution in [3.8, 4) is 0 Å². The second kappa shape index (κ2) is 6.37. The van der Waals surface area contributed by atoms with Crippen molar-refractivity contribution in [2.24, 2.45) is 0 Å². The van der Waals surface area contributed by atoms with Crippen LogP contribution in [-0.4, -0.2) is 17.6 Å². The predicted octanol–water partition coefficient (Wildman–Crippen LogP) is 2.18. The van der Waals surface area contributed by atoms with Crippen LogP contribution in [-0.2, 0) is 0 Å². The van der Waals surface area contributed by atoms with Crippen LogP contribution in [0.15, 0.2) is 42.5 Å². The van der Waals surface area contributed by atoms with Crippen LogP contribution in [0.2, 0.25) is 0 Å². The summed E-state index contributed by atoms with van der Waals surface area (Å²) < 4.78 is 13.6. The van der Waals surface area contributed by atoms with Gasteiger partial charge >= 0.3 is 0 Å². The molecule has 0 aliphatic carbocycles. The molecular weight excluding hydrogens is 271 g/mol. The Hall–Kier alpha value is -2.40. The van der Waals surface area contributed by atoms with Crippen LogP contribution < -0.4 is 11.1 Å². The van der Waals surface area contributed by atoms with E-state index in [1.54, 1.807) is 19.1 Å². The Morgan fingerprint density at radius 1 is 1.33 bits per heavy atom. The van der Waals surface area contributed by atoms with Crippen molar-refractivity contribution in [2.45, 2.75) is 13.0 Å². The van der Waals surface area contributed by atoms with E-state index in [0.717, 1.165) is 11.6 Å². The van der Waals surface area contributed by atoms with Crippen LogP contribution in [0, 0.1) is 12.7 Å². The predicted molar refractivity (Wildman–Crippen MR) is 79.3 cm³/mol. The molecular formula is C16H17FN2O2. The monoisotopic (exact) mass is 288 g/mol. The first-order chi connectivity index (χ1) is 10.0. The van der Waals surface area contributed by atoms with E-state index in [-0.39, 0.29) is 17.9 Å². The summed E-state index contributed by atoms with van der Waals surface area (Å²) in [5.41, 5.74) is 7.10. The maximum Gasteiger partial charge on any atom is 0.252 e. The fraction of sp³-hybridized carbons (Fsp3) is 0.188. The van der Waals surface area contributed by atoms with Crippen molar-refractivity contribution >= 4 is 11.6 Å². The minimum Gasteiger partial charge on any atom is -0.398 e. The van der Waals surface area contributed by atoms with Gasteiger partial charge in [-0.05, 0) is 24.6 Å². The van der Waals surface area contributed by atoms with Crippen molar-refractivity contribution in [1.29, 1.82) is 0 Å². The fourth-order valence-electron chi connectivity index (χ4n) is 1.99. The number of carbonyl (C=O) groups excluding carboxylic acids is 1. The Labute approximate surface area is 122 Å². The number of aliphatic hydroxyl groups excluding tert-OH is 1. The van der Waals surface area contributed by atoms with Gasteiger partial charge in [0.1, 0.15) is 5.82 Å². The lowest BCUT2D eigenvalue weighted by Crippen LogP contribution is -2.31. The summed E-state index contributed by atoms with van der Waals surface area (Å²) >= 11 is 0. The number of nitrogen functional groups attached to an aromatic ring is 1. The van der Waals surface area contributed by atoms with E-state index in [0.29, 0.717) is 5.56 Å². The van der Waals surface area contributed by atoms with Gasteiger partial charge in [-0.15, -0.1) is 0 Å². The first kappa shape index (κ1) is 15.0. The Morgan fingerprint density at radius 3 is 2.57 bits per heavy atom. The lowest BCUT2D eigenvalue weighted by molar-refractivity contribution is 0.0916. The van der Waals surface area contributed by atoms with Gasteiger partial charge in [0.15, 0.2) is 0 Å². The highest BCUT2D eigenvalue weighted by molar-refractivity contribution is 5.95. The van der Waals surface area contributed by atoms with Gasteiger partial charge in [0.2, 0.25) is 0 Å². The molecule has 4 nitrogen and oxygen atoms in total. The summed E-state index contributed by atoms with van der Waals surface area (Å²) in [6.07, 6.45) is 0. The number of anilines is 1. The Balaban J connectivity index is 2.21. The van der Waals surface area contributed by atoms with Gasteiger partial charge in [0.25, 0.3) is 5.91 Å². The molecule has 0 fully saturated rings. The molecule has 4 N–H and O–H groups in total. The highest BCUT2D eigenvalue weighted by Crippen LogP contribution is 2.19. The van der Waals surface area contributed by atoms with Crippen molar-refractivity contribution in [3.05, 3.63) is 65.0 Å². The van der Waals surface area contributed by atoms with Crippen LogP contribution in [0.4, 0.5) is 10.1 Å². The topological polar surface area (TPSA) is 75.4 Å². The zero-order valence-corrected chi connectivity index (χ0v) is 11.6. The smallest absolute Gasteiger partial charge is 0.252 e. The quantitative estimate of drug-likeness (QED) is 0.755. The lowest BCUT2D eigenvalue weighted by Gasteiger charge is -2.17. The van der Waals surface area contributed by atoms with Crippen molar-refractivity contribution < 1.29 is 14.3 Å². The number of nitrogens with one attached hydrogen (secondary N) is 1. The summed E-state index contributed by atoms with van der Waals surface area (Å²) in [6.45, 7) is 1.30. The van der Waals surface area contributed by atoms with Gasteiger partial charge in [0, 0.05) is 16.8 Å². The molecule has 5 heteroatoms. The SMILES string of the molecule is Cc1c(N)cc(C(=O)N[C@@H](CO)c2ccccc2)cc1F. The van der Waals surface area contributed by atoms with Crippen molar-refractivity contribution in [1.82, 2.24) is 5.32 Å². The summed E-state index contributed by atoms with van der Waals surface area (Å²) in [6, 6.07) is 11.1. The summed E-state index contributed by atoms with van der Waals surface area (Å²) in [5.74, 6) is -1.01. The molecule has 2 aromatic carbocycles. The molecule has 110 valence electrons. The number of amides is 1. The van der Waals surface area contributed by atoms with Crippen LogP contribution >= 0.6 is 0 Å². The van der Waals surface area contributed by atoms with E-state index in [4.69, 9.17) is 5.73 Å². The molecule has 2 rings (SSSR count). The second-order valence-corrected chi connectivity index (χ2v) is 4.79. The molecule has 1 atom stereocenters. The number of benzene rings is 2. The van der Waals surface area contributed by atoms with E-state index in [9.17, 15) is 14.3 Å². The normalized spacial score (nSPS) is 12.0. The minimum atomic E-state index is -0.552. The van der Waals surface area contributed by atoms with E-state index < -0.39 is 17.8 Å². The largest absolute Gasteiger partial charge is 0.398 e. The van der Waals surface area contributed by atoms with Gasteiger partial charge < -0.3 is 16.2 Å². The Bertz CT molecular complexity index is 621. The summed E-state index contributed by atoms with van der Waals surface area (Å²) in [7, 11) is 0. The molecule has 1 amide bonds. The third kappa shape index (κ3) is 3.38. The molecule has 0 aliphatic heterocycles. The Morgan fingerprint density at radius 2 is 2.00 bits per heavy atom. The molecule has 0 bridgehead atoms.